The molecular weight excluding hydrogens is 176 g/mol. The molecule has 0 spiro atoms. The van der Waals surface area contributed by atoms with E-state index in [2.05, 4.69) is 12.3 Å². The lowest BCUT2D eigenvalue weighted by Crippen LogP contribution is -2.44. The summed E-state index contributed by atoms with van der Waals surface area (Å²) >= 11 is 0. The van der Waals surface area contributed by atoms with Gasteiger partial charge in [-0.05, 0) is 38.5 Å². The number of nitrogens with one attached hydrogen (secondary N) is 1. The maximum atomic E-state index is 5.82. The molecule has 1 saturated heterocycles. The molecule has 82 valence electrons. The molecule has 3 unspecified atom stereocenters. The lowest BCUT2D eigenvalue weighted by Gasteiger charge is -2.22. The second kappa shape index (κ2) is 4.60. The van der Waals surface area contributed by atoms with Gasteiger partial charge in [0.1, 0.15) is 0 Å². The second-order valence-electron chi connectivity index (χ2n) is 4.86. The molecule has 2 fully saturated rings. The molecule has 3 nitrogen and oxygen atoms in total. The number of hydrogen-bond donors (Lipinski definition) is 2. The van der Waals surface area contributed by atoms with E-state index >= 15 is 0 Å². The van der Waals surface area contributed by atoms with Crippen LogP contribution in [-0.4, -0.2) is 18.2 Å². The first-order chi connectivity index (χ1) is 6.79. The van der Waals surface area contributed by atoms with Gasteiger partial charge in [0.05, 0.1) is 12.2 Å². The van der Waals surface area contributed by atoms with Crippen LogP contribution in [0.15, 0.2) is 0 Å². The number of nitrogens with two attached hydrogens (primary N) is 1. The molecule has 1 saturated carbocycles. The van der Waals surface area contributed by atoms with E-state index in [0.29, 0.717) is 18.2 Å². The monoisotopic (exact) mass is 198 g/mol. The van der Waals surface area contributed by atoms with Crippen molar-refractivity contribution >= 4 is 0 Å². The van der Waals surface area contributed by atoms with E-state index in [1.807, 2.05) is 0 Å². The van der Waals surface area contributed by atoms with Crippen LogP contribution in [0.3, 0.4) is 0 Å². The smallest absolute Gasteiger partial charge is 0.0746 e. The fourth-order valence-corrected chi connectivity index (χ4v) is 2.33. The third kappa shape index (κ3) is 2.69. The van der Waals surface area contributed by atoms with Crippen LogP contribution in [0.1, 0.15) is 45.4 Å². The summed E-state index contributed by atoms with van der Waals surface area (Å²) in [4.78, 5) is 0. The van der Waals surface area contributed by atoms with Gasteiger partial charge >= 0.3 is 0 Å². The van der Waals surface area contributed by atoms with Gasteiger partial charge in [-0.15, -0.1) is 0 Å². The van der Waals surface area contributed by atoms with Gasteiger partial charge in [-0.25, -0.2) is 0 Å². The largest absolute Gasteiger partial charge is 0.374 e. The van der Waals surface area contributed by atoms with Gasteiger partial charge in [0, 0.05) is 6.04 Å². The summed E-state index contributed by atoms with van der Waals surface area (Å²) in [5.41, 5.74) is 2.92. The highest BCUT2D eigenvalue weighted by molar-refractivity contribution is 4.84. The normalized spacial score (nSPS) is 34.7. The molecule has 0 bridgehead atoms. The van der Waals surface area contributed by atoms with Crippen molar-refractivity contribution in [2.45, 2.75) is 63.7 Å². The average Bonchev–Trinajstić information content (AvgIpc) is 2.90. The highest BCUT2D eigenvalue weighted by Crippen LogP contribution is 2.35. The molecule has 1 aliphatic carbocycles. The standard InChI is InChI=1S/C11H22N2O/c1-8-2-7-11(14-8)10(13-12)6-5-9-3-4-9/h8-11,13H,2-7,12H2,1H3. The Morgan fingerprint density at radius 1 is 1.36 bits per heavy atom. The van der Waals surface area contributed by atoms with Crippen molar-refractivity contribution in [1.82, 2.24) is 5.43 Å². The molecule has 1 heterocycles. The molecule has 2 rings (SSSR count). The molecule has 0 aromatic heterocycles. The van der Waals surface area contributed by atoms with E-state index in [1.54, 1.807) is 0 Å². The summed E-state index contributed by atoms with van der Waals surface area (Å²) in [5.74, 6) is 6.57. The minimum atomic E-state index is 0.355. The molecule has 0 radical (unpaired) electrons. The zero-order valence-electron chi connectivity index (χ0n) is 9.04. The fraction of sp³-hybridized carbons (Fsp3) is 1.00. The fourth-order valence-electron chi connectivity index (χ4n) is 2.33. The van der Waals surface area contributed by atoms with Crippen LogP contribution in [0.25, 0.3) is 0 Å². The SMILES string of the molecule is CC1CCC(C(CCC2CC2)NN)O1. The third-order valence-corrected chi connectivity index (χ3v) is 3.51. The predicted octanol–water partition coefficient (Wildman–Crippen LogP) is 1.58. The van der Waals surface area contributed by atoms with Crippen molar-refractivity contribution in [3.8, 4) is 0 Å². The van der Waals surface area contributed by atoms with E-state index in [9.17, 15) is 0 Å². The van der Waals surface area contributed by atoms with Crippen LogP contribution in [0, 0.1) is 5.92 Å². The van der Waals surface area contributed by atoms with Crippen LogP contribution < -0.4 is 11.3 Å². The number of ether oxygens (including phenoxy) is 1. The number of hydrazine groups is 1. The lowest BCUT2D eigenvalue weighted by atomic mass is 10.0. The third-order valence-electron chi connectivity index (χ3n) is 3.51. The molecule has 3 heteroatoms. The van der Waals surface area contributed by atoms with Gasteiger partial charge in [-0.3, -0.25) is 11.3 Å². The average molecular weight is 198 g/mol. The Morgan fingerprint density at radius 2 is 2.14 bits per heavy atom. The summed E-state index contributed by atoms with van der Waals surface area (Å²) in [6, 6.07) is 0.376. The maximum absolute atomic E-state index is 5.82. The van der Waals surface area contributed by atoms with Crippen molar-refractivity contribution in [3.63, 3.8) is 0 Å². The molecule has 1 aliphatic heterocycles. The van der Waals surface area contributed by atoms with Gasteiger partial charge in [0.15, 0.2) is 0 Å². The Hall–Kier alpha value is -0.120. The molecule has 3 N–H and O–H groups in total. The van der Waals surface area contributed by atoms with E-state index in [4.69, 9.17) is 10.6 Å². The van der Waals surface area contributed by atoms with Gasteiger partial charge in [-0.1, -0.05) is 12.8 Å². The van der Waals surface area contributed by atoms with Gasteiger partial charge in [0.25, 0.3) is 0 Å². The van der Waals surface area contributed by atoms with Crippen LogP contribution >= 0.6 is 0 Å². The second-order valence-corrected chi connectivity index (χ2v) is 4.86. The summed E-state index contributed by atoms with van der Waals surface area (Å²) in [7, 11) is 0. The highest BCUT2D eigenvalue weighted by atomic mass is 16.5. The quantitative estimate of drug-likeness (QED) is 0.521. The van der Waals surface area contributed by atoms with Crippen molar-refractivity contribution in [2.75, 3.05) is 0 Å². The minimum Gasteiger partial charge on any atom is -0.374 e. The summed E-state index contributed by atoms with van der Waals surface area (Å²) in [6.45, 7) is 2.15. The van der Waals surface area contributed by atoms with E-state index in [1.165, 1.54) is 38.5 Å². The molecule has 2 aliphatic rings. The van der Waals surface area contributed by atoms with Crippen LogP contribution in [0.4, 0.5) is 0 Å². The van der Waals surface area contributed by atoms with Gasteiger partial charge < -0.3 is 4.74 Å². The molecule has 0 aromatic rings. The Balaban J connectivity index is 1.73. The van der Waals surface area contributed by atoms with Crippen molar-refractivity contribution in [3.05, 3.63) is 0 Å². The topological polar surface area (TPSA) is 47.3 Å². The van der Waals surface area contributed by atoms with Gasteiger partial charge in [-0.2, -0.15) is 0 Å². The lowest BCUT2D eigenvalue weighted by molar-refractivity contribution is 0.0293. The first kappa shape index (κ1) is 10.4. The first-order valence-electron chi connectivity index (χ1n) is 5.91. The Kier molecular flexibility index (Phi) is 3.42. The molecule has 3 atom stereocenters. The maximum Gasteiger partial charge on any atom is 0.0746 e. The van der Waals surface area contributed by atoms with E-state index < -0.39 is 0 Å². The zero-order valence-corrected chi connectivity index (χ0v) is 9.04. The highest BCUT2D eigenvalue weighted by Gasteiger charge is 2.30. The minimum absolute atomic E-state index is 0.355. The van der Waals surface area contributed by atoms with Crippen LogP contribution in [0.2, 0.25) is 0 Å². The van der Waals surface area contributed by atoms with Crippen LogP contribution in [0.5, 0.6) is 0 Å². The number of hydrogen-bond acceptors (Lipinski definition) is 3. The Bertz CT molecular complexity index is 182. The Morgan fingerprint density at radius 3 is 2.64 bits per heavy atom. The van der Waals surface area contributed by atoms with E-state index in [0.717, 1.165) is 5.92 Å². The number of rotatable bonds is 5. The first-order valence-corrected chi connectivity index (χ1v) is 5.91. The summed E-state index contributed by atoms with van der Waals surface area (Å²) < 4.78 is 5.82. The van der Waals surface area contributed by atoms with Gasteiger partial charge in [0.2, 0.25) is 0 Å². The van der Waals surface area contributed by atoms with Crippen LogP contribution in [-0.2, 0) is 4.74 Å². The summed E-state index contributed by atoms with van der Waals surface area (Å²) in [5, 5.41) is 0. The van der Waals surface area contributed by atoms with Crippen molar-refractivity contribution in [1.29, 1.82) is 0 Å². The van der Waals surface area contributed by atoms with Crippen molar-refractivity contribution < 1.29 is 4.74 Å². The molecule has 14 heavy (non-hydrogen) atoms. The summed E-state index contributed by atoms with van der Waals surface area (Å²) in [6.07, 6.45) is 8.50. The molecule has 0 aromatic carbocycles. The Labute approximate surface area is 86.4 Å². The molecular formula is C11H22N2O. The van der Waals surface area contributed by atoms with E-state index in [-0.39, 0.29) is 0 Å². The zero-order chi connectivity index (χ0) is 9.97. The molecule has 0 amide bonds. The van der Waals surface area contributed by atoms with Crippen molar-refractivity contribution in [2.24, 2.45) is 11.8 Å². The predicted molar refractivity (Wildman–Crippen MR) is 56.6 cm³/mol.